The van der Waals surface area contributed by atoms with Crippen molar-refractivity contribution in [1.29, 1.82) is 0 Å². The lowest BCUT2D eigenvalue weighted by Crippen LogP contribution is -3.13. The van der Waals surface area contributed by atoms with Crippen LogP contribution in [-0.2, 0) is 16.0 Å². The molecular formula is C20H24FN4O3S+. The zero-order valence-electron chi connectivity index (χ0n) is 16.4. The van der Waals surface area contributed by atoms with Crippen molar-refractivity contribution in [2.24, 2.45) is 5.92 Å². The summed E-state index contributed by atoms with van der Waals surface area (Å²) in [7, 11) is 1.41. The number of aromatic nitrogens is 3. The number of ether oxygens (including phenoxy) is 1. The Bertz CT molecular complexity index is 1030. The summed E-state index contributed by atoms with van der Waals surface area (Å²) < 4.78 is 20.4. The number of quaternary nitrogens is 1. The molecule has 29 heavy (non-hydrogen) atoms. The van der Waals surface area contributed by atoms with E-state index in [0.717, 1.165) is 5.56 Å². The molecule has 1 aliphatic rings. The predicted molar refractivity (Wildman–Crippen MR) is 106 cm³/mol. The molecule has 0 bridgehead atoms. The first-order valence-corrected chi connectivity index (χ1v) is 10.6. The van der Waals surface area contributed by atoms with E-state index in [1.54, 1.807) is 6.07 Å². The highest BCUT2D eigenvalue weighted by atomic mass is 32.1. The highest BCUT2D eigenvalue weighted by Crippen LogP contribution is 2.35. The number of aryl methyl sites for hydroxylation is 1. The largest absolute Gasteiger partial charge is 0.492 e. The van der Waals surface area contributed by atoms with Crippen LogP contribution in [0.4, 0.5) is 4.39 Å². The molecule has 0 amide bonds. The van der Waals surface area contributed by atoms with Gasteiger partial charge in [0, 0.05) is 24.8 Å². The molecule has 0 unspecified atom stereocenters. The van der Waals surface area contributed by atoms with E-state index in [0.29, 0.717) is 48.0 Å². The molecule has 0 radical (unpaired) electrons. The van der Waals surface area contributed by atoms with Gasteiger partial charge in [-0.25, -0.2) is 9.37 Å². The Balaban J connectivity index is 1.71. The Morgan fingerprint density at radius 3 is 2.83 bits per heavy atom. The number of nitrogens with one attached hydrogen (secondary N) is 1. The molecule has 1 aromatic carbocycles. The van der Waals surface area contributed by atoms with Gasteiger partial charge in [-0.2, -0.15) is 4.52 Å². The van der Waals surface area contributed by atoms with Gasteiger partial charge in [0.1, 0.15) is 10.7 Å². The first-order chi connectivity index (χ1) is 14.0. The number of piperidine rings is 1. The molecule has 1 aliphatic heterocycles. The fraction of sp³-hybridized carbons (Fsp3) is 0.450. The van der Waals surface area contributed by atoms with Gasteiger partial charge in [-0.15, -0.1) is 5.10 Å². The third-order valence-corrected chi connectivity index (χ3v) is 6.66. The number of esters is 1. The quantitative estimate of drug-likeness (QED) is 0.616. The van der Waals surface area contributed by atoms with E-state index >= 15 is 0 Å². The van der Waals surface area contributed by atoms with Gasteiger partial charge in [0.2, 0.25) is 10.8 Å². The van der Waals surface area contributed by atoms with Crippen molar-refractivity contribution >= 4 is 22.3 Å². The molecule has 0 aliphatic carbocycles. The van der Waals surface area contributed by atoms with E-state index in [1.165, 1.54) is 40.0 Å². The summed E-state index contributed by atoms with van der Waals surface area (Å²) in [5.41, 5.74) is 0.784. The smallest absolute Gasteiger partial charge is 0.309 e. The van der Waals surface area contributed by atoms with Gasteiger partial charge in [0.05, 0.1) is 26.1 Å². The van der Waals surface area contributed by atoms with Crippen molar-refractivity contribution in [3.63, 3.8) is 0 Å². The second-order valence-electron chi connectivity index (χ2n) is 7.31. The number of likely N-dealkylation sites (tertiary alicyclic amines) is 1. The third-order valence-electron chi connectivity index (χ3n) is 5.57. The first-order valence-electron chi connectivity index (χ1n) is 9.77. The molecule has 1 fully saturated rings. The number of nitrogens with zero attached hydrogens (tertiary/aromatic N) is 3. The van der Waals surface area contributed by atoms with Crippen LogP contribution < -0.4 is 4.90 Å². The van der Waals surface area contributed by atoms with Gasteiger partial charge in [0.15, 0.2) is 11.9 Å². The number of thiazole rings is 1. The molecule has 7 nitrogen and oxygen atoms in total. The number of hydrogen-bond donors (Lipinski definition) is 2. The molecule has 0 saturated carbocycles. The Hall–Kier alpha value is -2.52. The van der Waals surface area contributed by atoms with Crippen LogP contribution in [0.5, 0.6) is 5.88 Å². The van der Waals surface area contributed by atoms with E-state index < -0.39 is 0 Å². The van der Waals surface area contributed by atoms with E-state index in [-0.39, 0.29) is 29.6 Å². The third kappa shape index (κ3) is 3.72. The van der Waals surface area contributed by atoms with Gasteiger partial charge in [-0.1, -0.05) is 30.4 Å². The number of carbonyl (C=O) groups is 1. The highest BCUT2D eigenvalue weighted by Gasteiger charge is 2.37. The maximum Gasteiger partial charge on any atom is 0.309 e. The number of fused-ring (bicyclic) bond motifs is 1. The van der Waals surface area contributed by atoms with Crippen LogP contribution >= 0.6 is 11.3 Å². The number of rotatable bonds is 5. The monoisotopic (exact) mass is 419 g/mol. The normalized spacial score (nSPS) is 20.7. The minimum atomic E-state index is -0.316. The average Bonchev–Trinajstić information content (AvgIpc) is 3.27. The summed E-state index contributed by atoms with van der Waals surface area (Å²) in [5.74, 6) is 0.115. The molecule has 9 heteroatoms. The summed E-state index contributed by atoms with van der Waals surface area (Å²) in [5, 5.41) is 15.3. The van der Waals surface area contributed by atoms with Gasteiger partial charge in [-0.3, -0.25) is 4.79 Å². The SMILES string of the molecule is CCc1nc2sc([C@@H](c3cccc(F)c3)[NH+]3CCC(C(=O)OC)CC3)c(O)n2n1. The van der Waals surface area contributed by atoms with Crippen LogP contribution in [0.2, 0.25) is 0 Å². The summed E-state index contributed by atoms with van der Waals surface area (Å²) in [6.45, 7) is 3.39. The van der Waals surface area contributed by atoms with E-state index in [1.807, 2.05) is 13.0 Å². The zero-order chi connectivity index (χ0) is 20.5. The van der Waals surface area contributed by atoms with Crippen LogP contribution in [0.25, 0.3) is 4.96 Å². The Morgan fingerprint density at radius 1 is 1.45 bits per heavy atom. The van der Waals surface area contributed by atoms with Gasteiger partial charge in [0.25, 0.3) is 0 Å². The highest BCUT2D eigenvalue weighted by molar-refractivity contribution is 7.17. The number of benzene rings is 1. The Morgan fingerprint density at radius 2 is 2.21 bits per heavy atom. The van der Waals surface area contributed by atoms with Crippen molar-refractivity contribution in [3.05, 3.63) is 46.3 Å². The molecule has 4 rings (SSSR count). The molecule has 1 saturated heterocycles. The summed E-state index contributed by atoms with van der Waals surface area (Å²) >= 11 is 1.38. The number of methoxy groups -OCH3 is 1. The minimum Gasteiger partial charge on any atom is -0.492 e. The van der Waals surface area contributed by atoms with Crippen molar-refractivity contribution in [2.75, 3.05) is 20.2 Å². The maximum absolute atomic E-state index is 14.0. The lowest BCUT2D eigenvalue weighted by molar-refractivity contribution is -0.930. The van der Waals surface area contributed by atoms with Crippen LogP contribution in [0, 0.1) is 11.7 Å². The zero-order valence-corrected chi connectivity index (χ0v) is 17.2. The summed E-state index contributed by atoms with van der Waals surface area (Å²) in [4.78, 5) is 18.9. The molecule has 2 N–H and O–H groups in total. The second kappa shape index (κ2) is 8.08. The van der Waals surface area contributed by atoms with Crippen LogP contribution in [-0.4, -0.2) is 45.9 Å². The van der Waals surface area contributed by atoms with Gasteiger partial charge >= 0.3 is 5.97 Å². The Labute approximate surface area is 171 Å². The molecule has 1 atom stereocenters. The standard InChI is InChI=1S/C20H23FN4O3S/c1-3-15-22-20-25(23-15)18(26)17(29-20)16(13-5-4-6-14(21)11-13)24-9-7-12(8-10-24)19(27)28-2/h4-6,11-12,16,26H,3,7-10H2,1-2H3/p+1/t16-/m1/s1. The average molecular weight is 420 g/mol. The number of carbonyl (C=O) groups excluding carboxylic acids is 1. The number of halogens is 1. The topological polar surface area (TPSA) is 81.2 Å². The van der Waals surface area contributed by atoms with E-state index in [9.17, 15) is 14.3 Å². The number of aromatic hydroxyl groups is 1. The van der Waals surface area contributed by atoms with E-state index in [2.05, 4.69) is 10.1 Å². The number of hydrogen-bond acceptors (Lipinski definition) is 6. The molecule has 3 heterocycles. The van der Waals surface area contributed by atoms with Gasteiger partial charge < -0.3 is 14.7 Å². The predicted octanol–water partition coefficient (Wildman–Crippen LogP) is 1.76. The molecule has 2 aromatic heterocycles. The maximum atomic E-state index is 14.0. The summed E-state index contributed by atoms with van der Waals surface area (Å²) in [6, 6.07) is 6.22. The van der Waals surface area contributed by atoms with Crippen molar-refractivity contribution in [1.82, 2.24) is 14.6 Å². The van der Waals surface area contributed by atoms with Crippen LogP contribution in [0.1, 0.15) is 42.1 Å². The van der Waals surface area contributed by atoms with Gasteiger partial charge in [-0.05, 0) is 12.1 Å². The molecule has 0 spiro atoms. The fourth-order valence-electron chi connectivity index (χ4n) is 4.07. The second-order valence-corrected chi connectivity index (χ2v) is 8.32. The summed E-state index contributed by atoms with van der Waals surface area (Å²) in [6.07, 6.45) is 2.06. The van der Waals surface area contributed by atoms with Crippen molar-refractivity contribution in [2.45, 2.75) is 32.2 Å². The molecular weight excluding hydrogens is 395 g/mol. The molecule has 154 valence electrons. The van der Waals surface area contributed by atoms with E-state index in [4.69, 9.17) is 4.74 Å². The lowest BCUT2D eigenvalue weighted by atomic mass is 9.93. The minimum absolute atomic E-state index is 0.0500. The fourth-order valence-corrected chi connectivity index (χ4v) is 5.23. The Kier molecular flexibility index (Phi) is 5.51. The van der Waals surface area contributed by atoms with Crippen molar-refractivity contribution < 1.29 is 23.9 Å². The first kappa shape index (κ1) is 19.8. The molecule has 3 aromatic rings. The lowest BCUT2D eigenvalue weighted by Gasteiger charge is -2.33. The van der Waals surface area contributed by atoms with Crippen molar-refractivity contribution in [3.8, 4) is 5.88 Å². The van der Waals surface area contributed by atoms with Crippen LogP contribution in [0.15, 0.2) is 24.3 Å². The van der Waals surface area contributed by atoms with Crippen LogP contribution in [0.3, 0.4) is 0 Å².